The number of benzene rings is 1. The van der Waals surface area contributed by atoms with Gasteiger partial charge >= 0.3 is 0 Å². The van der Waals surface area contributed by atoms with E-state index in [2.05, 4.69) is 15.1 Å². The van der Waals surface area contributed by atoms with Gasteiger partial charge in [-0.05, 0) is 12.5 Å². The van der Waals surface area contributed by atoms with Crippen LogP contribution in [-0.4, -0.2) is 75.8 Å². The highest BCUT2D eigenvalue weighted by Crippen LogP contribution is 2.40. The molecule has 1 N–H and O–H groups in total. The number of methoxy groups -OCH3 is 3. The van der Waals surface area contributed by atoms with Crippen LogP contribution in [0, 0.1) is 0 Å². The number of carbonyl (C=O) groups excluding carboxylic acids is 1. The van der Waals surface area contributed by atoms with Gasteiger partial charge in [0.1, 0.15) is 0 Å². The lowest BCUT2D eigenvalue weighted by atomic mass is 10.1. The van der Waals surface area contributed by atoms with Crippen LogP contribution in [-0.2, 0) is 11.3 Å². The van der Waals surface area contributed by atoms with E-state index in [-0.39, 0.29) is 5.91 Å². The molecule has 0 saturated carbocycles. The lowest BCUT2D eigenvalue weighted by molar-refractivity contribution is -0.119. The topological polar surface area (TPSA) is 63.3 Å². The number of ether oxygens (including phenoxy) is 3. The van der Waals surface area contributed by atoms with Crippen molar-refractivity contribution < 1.29 is 19.0 Å². The van der Waals surface area contributed by atoms with Gasteiger partial charge in [0.05, 0.1) is 21.3 Å². The maximum atomic E-state index is 11.3. The monoisotopic (exact) mass is 363 g/mol. The first-order valence-corrected chi connectivity index (χ1v) is 9.16. The van der Waals surface area contributed by atoms with Gasteiger partial charge in [-0.25, -0.2) is 0 Å². The first-order valence-electron chi connectivity index (χ1n) is 9.16. The maximum absolute atomic E-state index is 11.3. The lowest BCUT2D eigenvalue weighted by Crippen LogP contribution is -2.49. The highest BCUT2D eigenvalue weighted by Gasteiger charge is 2.26. The first kappa shape index (κ1) is 18.8. The van der Waals surface area contributed by atoms with Gasteiger partial charge in [-0.1, -0.05) is 6.07 Å². The minimum atomic E-state index is 0.189. The molecule has 0 aliphatic carbocycles. The Morgan fingerprint density at radius 3 is 2.27 bits per heavy atom. The second-order valence-corrected chi connectivity index (χ2v) is 6.87. The van der Waals surface area contributed by atoms with Gasteiger partial charge < -0.3 is 19.5 Å². The van der Waals surface area contributed by atoms with Crippen molar-refractivity contribution in [2.75, 3.05) is 54.1 Å². The molecule has 1 unspecified atom stereocenters. The normalized spacial score (nSPS) is 21.5. The van der Waals surface area contributed by atoms with Gasteiger partial charge in [0.2, 0.25) is 11.7 Å². The fourth-order valence-corrected chi connectivity index (χ4v) is 3.78. The van der Waals surface area contributed by atoms with E-state index in [0.29, 0.717) is 24.0 Å². The largest absolute Gasteiger partial charge is 0.493 e. The molecule has 1 aromatic carbocycles. The van der Waals surface area contributed by atoms with Crippen LogP contribution in [0.2, 0.25) is 0 Å². The number of hydrogen-bond acceptors (Lipinski definition) is 6. The zero-order chi connectivity index (χ0) is 18.5. The van der Waals surface area contributed by atoms with Gasteiger partial charge in [-0.15, -0.1) is 0 Å². The molecule has 0 spiro atoms. The van der Waals surface area contributed by atoms with Crippen LogP contribution >= 0.6 is 0 Å². The fraction of sp³-hybridized carbons (Fsp3) is 0.632. The smallest absolute Gasteiger partial charge is 0.220 e. The predicted octanol–water partition coefficient (Wildman–Crippen LogP) is 1.11. The van der Waals surface area contributed by atoms with Gasteiger partial charge in [0.15, 0.2) is 11.5 Å². The number of rotatable bonds is 7. The molecule has 2 aliphatic rings. The van der Waals surface area contributed by atoms with Crippen LogP contribution in [0.1, 0.15) is 18.4 Å². The Morgan fingerprint density at radius 2 is 1.69 bits per heavy atom. The summed E-state index contributed by atoms with van der Waals surface area (Å²) >= 11 is 0. The Labute approximate surface area is 155 Å². The number of piperazine rings is 1. The van der Waals surface area contributed by atoms with Gasteiger partial charge in [-0.2, -0.15) is 0 Å². The fourth-order valence-electron chi connectivity index (χ4n) is 3.78. The molecule has 144 valence electrons. The van der Waals surface area contributed by atoms with Crippen LogP contribution in [0.15, 0.2) is 12.1 Å². The van der Waals surface area contributed by atoms with E-state index in [1.165, 1.54) is 0 Å². The molecule has 1 atom stereocenters. The Bertz CT molecular complexity index is 629. The van der Waals surface area contributed by atoms with E-state index in [1.807, 2.05) is 12.1 Å². The van der Waals surface area contributed by atoms with Crippen molar-refractivity contribution in [2.24, 2.45) is 0 Å². The third-order valence-corrected chi connectivity index (χ3v) is 5.21. The van der Waals surface area contributed by atoms with Crippen LogP contribution in [0.25, 0.3) is 0 Å². The van der Waals surface area contributed by atoms with Gasteiger partial charge in [0, 0.05) is 57.3 Å². The Balaban J connectivity index is 1.56. The number of amides is 1. The van der Waals surface area contributed by atoms with E-state index < -0.39 is 0 Å². The number of nitrogens with one attached hydrogen (secondary N) is 1. The quantitative estimate of drug-likeness (QED) is 0.783. The molecule has 7 heteroatoms. The Kier molecular flexibility index (Phi) is 6.21. The summed E-state index contributed by atoms with van der Waals surface area (Å²) in [5, 5.41) is 3.05. The molecular weight excluding hydrogens is 334 g/mol. The van der Waals surface area contributed by atoms with Crippen molar-refractivity contribution in [3.63, 3.8) is 0 Å². The summed E-state index contributed by atoms with van der Waals surface area (Å²) in [6.45, 7) is 5.80. The second-order valence-electron chi connectivity index (χ2n) is 6.87. The number of nitrogens with zero attached hydrogens (tertiary/aromatic N) is 2. The van der Waals surface area contributed by atoms with E-state index in [4.69, 9.17) is 14.2 Å². The highest BCUT2D eigenvalue weighted by molar-refractivity contribution is 5.78. The van der Waals surface area contributed by atoms with E-state index in [1.54, 1.807) is 21.3 Å². The lowest BCUT2D eigenvalue weighted by Gasteiger charge is -2.36. The minimum Gasteiger partial charge on any atom is -0.493 e. The minimum absolute atomic E-state index is 0.189. The number of hydrogen-bond donors (Lipinski definition) is 1. The van der Waals surface area contributed by atoms with Crippen molar-refractivity contribution in [1.29, 1.82) is 0 Å². The number of carbonyl (C=O) groups is 1. The summed E-state index contributed by atoms with van der Waals surface area (Å²) in [6.07, 6.45) is 1.63. The SMILES string of the molecule is COc1ccc(CN2CCN(CC3CCC(=O)N3)CC2)c(OC)c1OC. The summed E-state index contributed by atoms with van der Waals surface area (Å²) in [5.41, 5.74) is 1.10. The van der Waals surface area contributed by atoms with Gasteiger partial charge in [-0.3, -0.25) is 14.6 Å². The molecule has 2 saturated heterocycles. The maximum Gasteiger partial charge on any atom is 0.220 e. The summed E-state index contributed by atoms with van der Waals surface area (Å²) in [7, 11) is 4.92. The zero-order valence-electron chi connectivity index (χ0n) is 15.9. The summed E-state index contributed by atoms with van der Waals surface area (Å²) < 4.78 is 16.4. The molecular formula is C19H29N3O4. The predicted molar refractivity (Wildman–Crippen MR) is 99.0 cm³/mol. The highest BCUT2D eigenvalue weighted by atomic mass is 16.5. The molecule has 2 aliphatic heterocycles. The molecule has 1 amide bonds. The van der Waals surface area contributed by atoms with Crippen LogP contribution < -0.4 is 19.5 Å². The van der Waals surface area contributed by atoms with E-state index in [0.717, 1.165) is 57.0 Å². The molecule has 26 heavy (non-hydrogen) atoms. The Hall–Kier alpha value is -1.99. The molecule has 2 fully saturated rings. The average Bonchev–Trinajstić information content (AvgIpc) is 3.07. The molecule has 2 heterocycles. The molecule has 0 radical (unpaired) electrons. The molecule has 7 nitrogen and oxygen atoms in total. The van der Waals surface area contributed by atoms with Crippen molar-refractivity contribution >= 4 is 5.91 Å². The van der Waals surface area contributed by atoms with Crippen molar-refractivity contribution in [3.05, 3.63) is 17.7 Å². The van der Waals surface area contributed by atoms with Crippen molar-refractivity contribution in [1.82, 2.24) is 15.1 Å². The van der Waals surface area contributed by atoms with E-state index in [9.17, 15) is 4.79 Å². The Morgan fingerprint density at radius 1 is 1.00 bits per heavy atom. The van der Waals surface area contributed by atoms with Crippen LogP contribution in [0.4, 0.5) is 0 Å². The van der Waals surface area contributed by atoms with Crippen molar-refractivity contribution in [3.8, 4) is 17.2 Å². The van der Waals surface area contributed by atoms with Crippen LogP contribution in [0.3, 0.4) is 0 Å². The molecule has 0 bridgehead atoms. The van der Waals surface area contributed by atoms with E-state index >= 15 is 0 Å². The first-order chi connectivity index (χ1) is 12.6. The summed E-state index contributed by atoms with van der Waals surface area (Å²) in [5.74, 6) is 2.25. The van der Waals surface area contributed by atoms with Crippen LogP contribution in [0.5, 0.6) is 17.2 Å². The second kappa shape index (κ2) is 8.60. The molecule has 1 aromatic rings. The van der Waals surface area contributed by atoms with Gasteiger partial charge in [0.25, 0.3) is 0 Å². The van der Waals surface area contributed by atoms with Crippen molar-refractivity contribution in [2.45, 2.75) is 25.4 Å². The third-order valence-electron chi connectivity index (χ3n) is 5.21. The summed E-state index contributed by atoms with van der Waals surface area (Å²) in [6, 6.07) is 4.29. The molecule has 0 aromatic heterocycles. The summed E-state index contributed by atoms with van der Waals surface area (Å²) in [4.78, 5) is 16.2. The zero-order valence-corrected chi connectivity index (χ0v) is 15.9. The average molecular weight is 363 g/mol. The standard InChI is InChI=1S/C19H29N3O4/c1-24-16-6-4-14(18(25-2)19(16)26-3)12-21-8-10-22(11-9-21)13-15-5-7-17(23)20-15/h4,6,15H,5,7-13H2,1-3H3,(H,20,23). The molecule has 3 rings (SSSR count). The third kappa shape index (κ3) is 4.22.